The number of methoxy groups -OCH3 is 1. The molecule has 0 aliphatic rings. The molecule has 0 saturated carbocycles. The van der Waals surface area contributed by atoms with Gasteiger partial charge in [-0.25, -0.2) is 14.8 Å². The number of nitrogens with zero attached hydrogens (tertiary/aromatic N) is 2. The minimum Gasteiger partial charge on any atom is -0.463 e. The first-order chi connectivity index (χ1) is 9.99. The number of anilines is 1. The molecule has 0 bridgehead atoms. The number of esters is 1. The molecule has 1 N–H and O–H groups in total. The smallest absolute Gasteiger partial charge is 0.376 e. The summed E-state index contributed by atoms with van der Waals surface area (Å²) in [6.07, 6.45) is 0. The van der Waals surface area contributed by atoms with E-state index in [0.717, 1.165) is 5.56 Å². The molecule has 2 aromatic rings. The van der Waals surface area contributed by atoms with Crippen LogP contribution in [0.15, 0.2) is 30.3 Å². The Kier molecular flexibility index (Phi) is 4.75. The van der Waals surface area contributed by atoms with Gasteiger partial charge in [0.1, 0.15) is 5.82 Å². The number of rotatable bonds is 4. The van der Waals surface area contributed by atoms with E-state index in [4.69, 9.17) is 11.6 Å². The van der Waals surface area contributed by atoms with E-state index in [0.29, 0.717) is 16.5 Å². The van der Waals surface area contributed by atoms with Crippen molar-refractivity contribution < 1.29 is 9.53 Å². The molecule has 0 amide bonds. The fraction of sp³-hybridized carbons (Fsp3) is 0.267. The lowest BCUT2D eigenvalue weighted by molar-refractivity contribution is 0.0586. The van der Waals surface area contributed by atoms with Gasteiger partial charge in [-0.1, -0.05) is 23.7 Å². The molecule has 0 aliphatic heterocycles. The second kappa shape index (κ2) is 6.54. The highest BCUT2D eigenvalue weighted by atomic mass is 35.5. The predicted octanol–water partition coefficient (Wildman–Crippen LogP) is 3.40. The number of hydrogen-bond acceptors (Lipinski definition) is 5. The number of nitrogens with one attached hydrogen (secondary N) is 1. The van der Waals surface area contributed by atoms with Gasteiger partial charge in [0, 0.05) is 22.8 Å². The largest absolute Gasteiger partial charge is 0.463 e. The van der Waals surface area contributed by atoms with Gasteiger partial charge in [-0.3, -0.25) is 0 Å². The fourth-order valence-corrected chi connectivity index (χ4v) is 2.01. The molecule has 0 radical (unpaired) electrons. The summed E-state index contributed by atoms with van der Waals surface area (Å²) in [5.74, 6) is 0.0644. The zero-order valence-electron chi connectivity index (χ0n) is 12.1. The van der Waals surface area contributed by atoms with Crippen molar-refractivity contribution in [2.75, 3.05) is 12.4 Å². The van der Waals surface area contributed by atoms with Crippen molar-refractivity contribution in [3.63, 3.8) is 0 Å². The Morgan fingerprint density at radius 3 is 2.57 bits per heavy atom. The van der Waals surface area contributed by atoms with Gasteiger partial charge in [-0.05, 0) is 31.5 Å². The summed E-state index contributed by atoms with van der Waals surface area (Å²) in [4.78, 5) is 19.7. The van der Waals surface area contributed by atoms with Crippen LogP contribution in [0.5, 0.6) is 0 Å². The third-order valence-corrected chi connectivity index (χ3v) is 3.21. The summed E-state index contributed by atoms with van der Waals surface area (Å²) in [5.41, 5.74) is 1.76. The predicted molar refractivity (Wildman–Crippen MR) is 81.6 cm³/mol. The highest BCUT2D eigenvalue weighted by Gasteiger charge is 2.13. The maximum atomic E-state index is 11.5. The lowest BCUT2D eigenvalue weighted by atomic mass is 10.1. The second-order valence-electron chi connectivity index (χ2n) is 4.63. The molecule has 110 valence electrons. The Labute approximate surface area is 128 Å². The van der Waals surface area contributed by atoms with E-state index < -0.39 is 5.97 Å². The van der Waals surface area contributed by atoms with Crippen molar-refractivity contribution in [1.82, 2.24) is 9.97 Å². The quantitative estimate of drug-likeness (QED) is 0.877. The van der Waals surface area contributed by atoms with Crippen molar-refractivity contribution in [2.45, 2.75) is 19.9 Å². The Morgan fingerprint density at radius 1 is 1.29 bits per heavy atom. The van der Waals surface area contributed by atoms with Crippen molar-refractivity contribution in [3.05, 3.63) is 52.4 Å². The molecule has 5 nitrogen and oxygen atoms in total. The first-order valence-electron chi connectivity index (χ1n) is 6.45. The Hall–Kier alpha value is -2.14. The molecule has 2 rings (SSSR count). The fourth-order valence-electron chi connectivity index (χ4n) is 1.88. The van der Waals surface area contributed by atoms with Gasteiger partial charge < -0.3 is 10.1 Å². The SMILES string of the molecule is COC(=O)c1nc(C)cc(NC(C)c2ccc(Cl)cc2)n1. The summed E-state index contributed by atoms with van der Waals surface area (Å²) in [7, 11) is 1.30. The Balaban J connectivity index is 2.20. The van der Waals surface area contributed by atoms with Crippen molar-refractivity contribution in [1.29, 1.82) is 0 Å². The van der Waals surface area contributed by atoms with Crippen LogP contribution in [0.4, 0.5) is 5.82 Å². The summed E-state index contributed by atoms with van der Waals surface area (Å²) in [5, 5.41) is 3.93. The van der Waals surface area contributed by atoms with Gasteiger partial charge in [-0.15, -0.1) is 0 Å². The molecule has 0 aliphatic carbocycles. The summed E-state index contributed by atoms with van der Waals surface area (Å²) in [6, 6.07) is 9.34. The van der Waals surface area contributed by atoms with Crippen molar-refractivity contribution in [2.24, 2.45) is 0 Å². The van der Waals surface area contributed by atoms with Gasteiger partial charge in [0.2, 0.25) is 5.82 Å². The van der Waals surface area contributed by atoms with Crippen LogP contribution in [0, 0.1) is 6.92 Å². The summed E-state index contributed by atoms with van der Waals surface area (Å²) in [6.45, 7) is 3.80. The van der Waals surface area contributed by atoms with E-state index in [9.17, 15) is 4.79 Å². The second-order valence-corrected chi connectivity index (χ2v) is 5.06. The molecule has 1 atom stereocenters. The van der Waals surface area contributed by atoms with Gasteiger partial charge in [-0.2, -0.15) is 0 Å². The highest BCUT2D eigenvalue weighted by Crippen LogP contribution is 2.20. The highest BCUT2D eigenvalue weighted by molar-refractivity contribution is 6.30. The number of carbonyl (C=O) groups is 1. The molecule has 1 aromatic carbocycles. The molecular weight excluding hydrogens is 290 g/mol. The standard InChI is InChI=1S/C15H16ClN3O2/c1-9-8-13(19-14(17-9)15(20)21-3)18-10(2)11-4-6-12(16)7-5-11/h4-8,10H,1-3H3,(H,17,18,19). The van der Waals surface area contributed by atoms with Crippen LogP contribution < -0.4 is 5.32 Å². The number of halogens is 1. The molecule has 1 heterocycles. The van der Waals surface area contributed by atoms with Crippen LogP contribution in [-0.4, -0.2) is 23.0 Å². The minimum atomic E-state index is -0.555. The van der Waals surface area contributed by atoms with E-state index >= 15 is 0 Å². The van der Waals surface area contributed by atoms with Crippen LogP contribution in [0.25, 0.3) is 0 Å². The van der Waals surface area contributed by atoms with Crippen LogP contribution in [0.2, 0.25) is 5.02 Å². The lowest BCUT2D eigenvalue weighted by Crippen LogP contribution is -2.13. The number of ether oxygens (including phenoxy) is 1. The van der Waals surface area contributed by atoms with Crippen LogP contribution in [-0.2, 0) is 4.74 Å². The first-order valence-corrected chi connectivity index (χ1v) is 6.83. The lowest BCUT2D eigenvalue weighted by Gasteiger charge is -2.15. The third kappa shape index (κ3) is 3.92. The third-order valence-electron chi connectivity index (χ3n) is 2.96. The van der Waals surface area contributed by atoms with E-state index in [1.54, 1.807) is 13.0 Å². The zero-order valence-corrected chi connectivity index (χ0v) is 12.8. The Morgan fingerprint density at radius 2 is 1.95 bits per heavy atom. The number of hydrogen-bond donors (Lipinski definition) is 1. The zero-order chi connectivity index (χ0) is 15.4. The van der Waals surface area contributed by atoms with E-state index in [2.05, 4.69) is 20.0 Å². The minimum absolute atomic E-state index is 0.0158. The van der Waals surface area contributed by atoms with Crippen LogP contribution in [0.3, 0.4) is 0 Å². The van der Waals surface area contributed by atoms with Crippen LogP contribution >= 0.6 is 11.6 Å². The average Bonchev–Trinajstić information content (AvgIpc) is 2.46. The number of benzene rings is 1. The maximum absolute atomic E-state index is 11.5. The maximum Gasteiger partial charge on any atom is 0.376 e. The molecule has 0 saturated heterocycles. The molecule has 0 fully saturated rings. The Bertz CT molecular complexity index is 644. The van der Waals surface area contributed by atoms with Gasteiger partial charge in [0.15, 0.2) is 0 Å². The topological polar surface area (TPSA) is 64.1 Å². The number of carbonyl (C=O) groups excluding carboxylic acids is 1. The molecular formula is C15H16ClN3O2. The first kappa shape index (κ1) is 15.3. The van der Waals surface area contributed by atoms with Gasteiger partial charge in [0.05, 0.1) is 7.11 Å². The molecule has 1 aromatic heterocycles. The van der Waals surface area contributed by atoms with Crippen LogP contribution in [0.1, 0.15) is 34.8 Å². The molecule has 6 heteroatoms. The number of aromatic nitrogens is 2. The van der Waals surface area contributed by atoms with Gasteiger partial charge >= 0.3 is 5.97 Å². The molecule has 1 unspecified atom stereocenters. The normalized spacial score (nSPS) is 11.8. The average molecular weight is 306 g/mol. The van der Waals surface area contributed by atoms with Crippen molar-refractivity contribution >= 4 is 23.4 Å². The molecule has 21 heavy (non-hydrogen) atoms. The number of aryl methyl sites for hydroxylation is 1. The van der Waals surface area contributed by atoms with Gasteiger partial charge in [0.25, 0.3) is 0 Å². The van der Waals surface area contributed by atoms with E-state index in [1.807, 2.05) is 31.2 Å². The van der Waals surface area contributed by atoms with Crippen molar-refractivity contribution in [3.8, 4) is 0 Å². The summed E-state index contributed by atoms with van der Waals surface area (Å²) >= 11 is 5.88. The molecule has 0 spiro atoms. The monoisotopic (exact) mass is 305 g/mol. The van der Waals surface area contributed by atoms with E-state index in [-0.39, 0.29) is 11.9 Å². The van der Waals surface area contributed by atoms with E-state index in [1.165, 1.54) is 7.11 Å². The summed E-state index contributed by atoms with van der Waals surface area (Å²) < 4.78 is 4.64.